The van der Waals surface area contributed by atoms with E-state index in [9.17, 15) is 9.59 Å². The number of thioether (sulfide) groups is 1. The number of benzene rings is 2. The monoisotopic (exact) mass is 347 g/mol. The molecule has 1 aliphatic heterocycles. The molecule has 2 aromatic carbocycles. The van der Waals surface area contributed by atoms with Crippen LogP contribution in [0.25, 0.3) is 0 Å². The zero-order valence-electron chi connectivity index (χ0n) is 12.4. The minimum Gasteiger partial charge on any atom is -0.495 e. The molecule has 1 amide bonds. The van der Waals surface area contributed by atoms with Crippen LogP contribution in [0.4, 0.5) is 5.69 Å². The lowest BCUT2D eigenvalue weighted by Gasteiger charge is -2.18. The van der Waals surface area contributed by atoms with E-state index in [4.69, 9.17) is 16.3 Å². The van der Waals surface area contributed by atoms with Crippen molar-refractivity contribution in [2.75, 3.05) is 18.2 Å². The number of carbonyl (C=O) groups excluding carboxylic acids is 2. The van der Waals surface area contributed by atoms with E-state index in [1.807, 2.05) is 0 Å². The van der Waals surface area contributed by atoms with Gasteiger partial charge in [0.1, 0.15) is 5.75 Å². The molecule has 3 rings (SSSR count). The Balaban J connectivity index is 1.95. The summed E-state index contributed by atoms with van der Waals surface area (Å²) in [4.78, 5) is 25.4. The second-order valence-corrected chi connectivity index (χ2v) is 6.54. The molecule has 1 aliphatic rings. The average molecular weight is 348 g/mol. The molecule has 0 fully saturated rings. The summed E-state index contributed by atoms with van der Waals surface area (Å²) in [6.45, 7) is 0. The Morgan fingerprint density at radius 2 is 2.13 bits per heavy atom. The lowest BCUT2D eigenvalue weighted by molar-refractivity contribution is 0.0984. The van der Waals surface area contributed by atoms with Gasteiger partial charge in [0.25, 0.3) is 5.91 Å². The topological polar surface area (TPSA) is 55.4 Å². The molecule has 4 nitrogen and oxygen atoms in total. The van der Waals surface area contributed by atoms with Crippen molar-refractivity contribution in [1.82, 2.24) is 0 Å². The molecule has 0 unspecified atom stereocenters. The van der Waals surface area contributed by atoms with Crippen LogP contribution in [0.5, 0.6) is 5.75 Å². The van der Waals surface area contributed by atoms with Crippen LogP contribution < -0.4 is 10.1 Å². The highest BCUT2D eigenvalue weighted by atomic mass is 35.5. The van der Waals surface area contributed by atoms with Crippen molar-refractivity contribution < 1.29 is 14.3 Å². The van der Waals surface area contributed by atoms with E-state index in [0.29, 0.717) is 39.8 Å². The van der Waals surface area contributed by atoms with E-state index in [2.05, 4.69) is 5.32 Å². The van der Waals surface area contributed by atoms with Gasteiger partial charge in [-0.05, 0) is 24.3 Å². The van der Waals surface area contributed by atoms with Gasteiger partial charge in [0.15, 0.2) is 5.78 Å². The number of carbonyl (C=O) groups is 2. The first-order valence-electron chi connectivity index (χ1n) is 7.04. The van der Waals surface area contributed by atoms with Crippen LogP contribution in [0.15, 0.2) is 41.3 Å². The van der Waals surface area contributed by atoms with Crippen LogP contribution in [0, 0.1) is 0 Å². The van der Waals surface area contributed by atoms with E-state index in [-0.39, 0.29) is 11.7 Å². The first-order valence-corrected chi connectivity index (χ1v) is 8.40. The Kier molecular flexibility index (Phi) is 4.59. The van der Waals surface area contributed by atoms with Gasteiger partial charge in [-0.3, -0.25) is 9.59 Å². The van der Waals surface area contributed by atoms with E-state index < -0.39 is 0 Å². The molecule has 0 aromatic heterocycles. The Morgan fingerprint density at radius 3 is 2.91 bits per heavy atom. The Bertz CT molecular complexity index is 791. The Hall–Kier alpha value is -1.98. The lowest BCUT2D eigenvalue weighted by Crippen LogP contribution is -2.17. The van der Waals surface area contributed by atoms with Crippen LogP contribution in [-0.2, 0) is 0 Å². The highest BCUT2D eigenvalue weighted by Crippen LogP contribution is 2.34. The number of ether oxygens (including phenoxy) is 1. The van der Waals surface area contributed by atoms with Crippen molar-refractivity contribution in [3.05, 3.63) is 52.5 Å². The van der Waals surface area contributed by atoms with Gasteiger partial charge < -0.3 is 10.1 Å². The van der Waals surface area contributed by atoms with Crippen LogP contribution in [-0.4, -0.2) is 24.6 Å². The minimum absolute atomic E-state index is 0.0775. The number of nitrogens with one attached hydrogen (secondary N) is 1. The summed E-state index contributed by atoms with van der Waals surface area (Å²) in [5, 5.41) is 3.31. The highest BCUT2D eigenvalue weighted by Gasteiger charge is 2.23. The number of amides is 1. The van der Waals surface area contributed by atoms with Gasteiger partial charge in [-0.15, -0.1) is 11.8 Å². The lowest BCUT2D eigenvalue weighted by atomic mass is 10.0. The van der Waals surface area contributed by atoms with Crippen molar-refractivity contribution in [2.24, 2.45) is 0 Å². The van der Waals surface area contributed by atoms with Gasteiger partial charge in [-0.25, -0.2) is 0 Å². The number of anilines is 1. The van der Waals surface area contributed by atoms with E-state index in [1.165, 1.54) is 18.9 Å². The minimum atomic E-state index is -0.287. The number of methoxy groups -OCH3 is 1. The summed E-state index contributed by atoms with van der Waals surface area (Å²) in [5.41, 5.74) is 1.60. The fourth-order valence-electron chi connectivity index (χ4n) is 2.44. The smallest absolute Gasteiger partial charge is 0.256 e. The first kappa shape index (κ1) is 15.9. The normalized spacial score (nSPS) is 13.4. The van der Waals surface area contributed by atoms with E-state index in [1.54, 1.807) is 36.4 Å². The summed E-state index contributed by atoms with van der Waals surface area (Å²) in [5.74, 6) is 1.01. The quantitative estimate of drug-likeness (QED) is 0.900. The molecule has 1 heterocycles. The summed E-state index contributed by atoms with van der Waals surface area (Å²) in [6.07, 6.45) is 0.505. The Morgan fingerprint density at radius 1 is 1.30 bits per heavy atom. The third-order valence-electron chi connectivity index (χ3n) is 3.55. The largest absolute Gasteiger partial charge is 0.495 e. The SMILES string of the molecule is COc1ccc(Cl)cc1NC(=O)c1cccc2c1SCCC2=O. The van der Waals surface area contributed by atoms with Crippen molar-refractivity contribution in [1.29, 1.82) is 0 Å². The number of hydrogen-bond donors (Lipinski definition) is 1. The maximum absolute atomic E-state index is 12.6. The third-order valence-corrected chi connectivity index (χ3v) is 4.92. The van der Waals surface area contributed by atoms with Gasteiger partial charge >= 0.3 is 0 Å². The van der Waals surface area contributed by atoms with E-state index >= 15 is 0 Å². The zero-order chi connectivity index (χ0) is 16.4. The third kappa shape index (κ3) is 3.21. The van der Waals surface area contributed by atoms with Crippen molar-refractivity contribution in [3.8, 4) is 5.75 Å². The van der Waals surface area contributed by atoms with Crippen LogP contribution >= 0.6 is 23.4 Å². The van der Waals surface area contributed by atoms with E-state index in [0.717, 1.165) is 4.90 Å². The van der Waals surface area contributed by atoms with Crippen molar-refractivity contribution in [3.63, 3.8) is 0 Å². The molecule has 2 aromatic rings. The molecule has 0 saturated heterocycles. The number of Topliss-reactive ketones (excluding diaryl/α,β-unsaturated/α-hetero) is 1. The molecule has 0 saturated carbocycles. The highest BCUT2D eigenvalue weighted by molar-refractivity contribution is 7.99. The number of fused-ring (bicyclic) bond motifs is 1. The second-order valence-electron chi connectivity index (χ2n) is 5.00. The molecule has 118 valence electrons. The number of hydrogen-bond acceptors (Lipinski definition) is 4. The van der Waals surface area contributed by atoms with Crippen molar-refractivity contribution in [2.45, 2.75) is 11.3 Å². The molecule has 0 radical (unpaired) electrons. The summed E-state index contributed by atoms with van der Waals surface area (Å²) >= 11 is 7.51. The fraction of sp³-hybridized carbons (Fsp3) is 0.176. The van der Waals surface area contributed by atoms with Gasteiger partial charge in [0.2, 0.25) is 0 Å². The van der Waals surface area contributed by atoms with Gasteiger partial charge in [-0.2, -0.15) is 0 Å². The molecule has 23 heavy (non-hydrogen) atoms. The molecule has 1 N–H and O–H groups in total. The number of rotatable bonds is 3. The average Bonchev–Trinajstić information content (AvgIpc) is 2.55. The summed E-state index contributed by atoms with van der Waals surface area (Å²) in [6, 6.07) is 10.2. The molecular weight excluding hydrogens is 334 g/mol. The first-order chi connectivity index (χ1) is 11.1. The molecule has 0 aliphatic carbocycles. The van der Waals surface area contributed by atoms with Crippen LogP contribution in [0.2, 0.25) is 5.02 Å². The van der Waals surface area contributed by atoms with Crippen molar-refractivity contribution >= 4 is 40.7 Å². The standard InChI is InChI=1S/C17H14ClNO3S/c1-22-15-6-5-10(18)9-13(15)19-17(21)12-4-2-3-11-14(20)7-8-23-16(11)12/h2-6,9H,7-8H2,1H3,(H,19,21). The van der Waals surface area contributed by atoms with Crippen LogP contribution in [0.1, 0.15) is 27.1 Å². The van der Waals surface area contributed by atoms with Gasteiger partial charge in [0.05, 0.1) is 18.4 Å². The summed E-state index contributed by atoms with van der Waals surface area (Å²) in [7, 11) is 1.53. The maximum atomic E-state index is 12.6. The Labute approximate surface area is 143 Å². The molecule has 0 atom stereocenters. The molecule has 0 spiro atoms. The molecule has 0 bridgehead atoms. The number of ketones is 1. The predicted octanol–water partition coefficient (Wildman–Crippen LogP) is 4.28. The molecular formula is C17H14ClNO3S. The second kappa shape index (κ2) is 6.64. The maximum Gasteiger partial charge on any atom is 0.256 e. The van der Waals surface area contributed by atoms with Gasteiger partial charge in [0, 0.05) is 27.7 Å². The number of halogens is 1. The molecule has 6 heteroatoms. The van der Waals surface area contributed by atoms with Gasteiger partial charge in [-0.1, -0.05) is 23.7 Å². The van der Waals surface area contributed by atoms with Crippen LogP contribution in [0.3, 0.4) is 0 Å². The summed E-state index contributed by atoms with van der Waals surface area (Å²) < 4.78 is 5.23. The zero-order valence-corrected chi connectivity index (χ0v) is 14.0. The fourth-order valence-corrected chi connectivity index (χ4v) is 3.76. The predicted molar refractivity (Wildman–Crippen MR) is 92.1 cm³/mol.